The van der Waals surface area contributed by atoms with E-state index in [0.717, 1.165) is 41.2 Å². The van der Waals surface area contributed by atoms with E-state index in [-0.39, 0.29) is 18.5 Å². The van der Waals surface area contributed by atoms with Crippen LogP contribution in [0.5, 0.6) is 5.88 Å². The Morgan fingerprint density at radius 3 is 2.73 bits per heavy atom. The van der Waals surface area contributed by atoms with Crippen LogP contribution in [0, 0.1) is 11.3 Å². The molecule has 2 fully saturated rings. The summed E-state index contributed by atoms with van der Waals surface area (Å²) in [6.07, 6.45) is 10.5. The number of nitrogens with one attached hydrogen (secondary N) is 1. The third-order valence-corrected chi connectivity index (χ3v) is 8.62. The molecular weight excluding hydrogens is 573 g/mol. The number of nitrogens with zero attached hydrogens (tertiary/aromatic N) is 9. The molecule has 1 N–H and O–H groups in total. The SMILES string of the molecule is N#CCC1(n2cc(-c3ncnc4[nH]ccc34)cn2)CN([C@H]2CC[C@@H](Oc3cc(Cn4ccnc4)cc(C(F)(F)F)n3)CC2)C1. The molecule has 0 unspecified atom stereocenters. The fraction of sp³-hybridized carbons (Fsp3) is 0.400. The van der Waals surface area contributed by atoms with Gasteiger partial charge in [0.15, 0.2) is 0 Å². The Labute approximate surface area is 250 Å². The minimum Gasteiger partial charge on any atom is -0.474 e. The maximum Gasteiger partial charge on any atom is 0.433 e. The number of alkyl halides is 3. The van der Waals surface area contributed by atoms with Crippen molar-refractivity contribution in [2.75, 3.05) is 13.1 Å². The van der Waals surface area contributed by atoms with Gasteiger partial charge in [0.25, 0.3) is 0 Å². The van der Waals surface area contributed by atoms with E-state index >= 15 is 0 Å². The van der Waals surface area contributed by atoms with E-state index in [1.807, 2.05) is 23.1 Å². The molecule has 5 aromatic rings. The summed E-state index contributed by atoms with van der Waals surface area (Å²) in [5.74, 6) is -0.00883. The van der Waals surface area contributed by atoms with Crippen LogP contribution in [0.3, 0.4) is 0 Å². The number of aromatic amines is 1. The van der Waals surface area contributed by atoms with Crippen LogP contribution < -0.4 is 4.74 Å². The lowest BCUT2D eigenvalue weighted by Gasteiger charge is -2.53. The van der Waals surface area contributed by atoms with Crippen molar-refractivity contribution < 1.29 is 17.9 Å². The molecule has 0 spiro atoms. The van der Waals surface area contributed by atoms with E-state index in [1.165, 1.54) is 6.33 Å². The van der Waals surface area contributed by atoms with Crippen LogP contribution >= 0.6 is 0 Å². The van der Waals surface area contributed by atoms with Gasteiger partial charge in [-0.15, -0.1) is 0 Å². The van der Waals surface area contributed by atoms with Gasteiger partial charge >= 0.3 is 6.18 Å². The van der Waals surface area contributed by atoms with Crippen LogP contribution in [0.2, 0.25) is 0 Å². The first-order valence-electron chi connectivity index (χ1n) is 14.4. The van der Waals surface area contributed by atoms with Gasteiger partial charge < -0.3 is 14.3 Å². The molecule has 0 aromatic carbocycles. The minimum atomic E-state index is -4.58. The quantitative estimate of drug-likeness (QED) is 0.269. The number of rotatable bonds is 8. The molecule has 1 saturated carbocycles. The van der Waals surface area contributed by atoms with Crippen LogP contribution in [0.25, 0.3) is 22.3 Å². The molecule has 226 valence electrons. The van der Waals surface area contributed by atoms with Crippen molar-refractivity contribution in [1.82, 2.24) is 44.2 Å². The predicted octanol–water partition coefficient (Wildman–Crippen LogP) is 4.79. The summed E-state index contributed by atoms with van der Waals surface area (Å²) in [4.78, 5) is 21.9. The monoisotopic (exact) mass is 602 g/mol. The molecule has 44 heavy (non-hydrogen) atoms. The summed E-state index contributed by atoms with van der Waals surface area (Å²) in [6, 6.07) is 7.20. The van der Waals surface area contributed by atoms with E-state index in [0.29, 0.717) is 44.0 Å². The van der Waals surface area contributed by atoms with Crippen molar-refractivity contribution in [2.24, 2.45) is 0 Å². The smallest absolute Gasteiger partial charge is 0.433 e. The molecule has 0 bridgehead atoms. The summed E-state index contributed by atoms with van der Waals surface area (Å²) >= 11 is 0. The lowest BCUT2D eigenvalue weighted by Crippen LogP contribution is -2.65. The van der Waals surface area contributed by atoms with Crippen molar-refractivity contribution in [3.05, 3.63) is 73.1 Å². The number of ether oxygens (including phenoxy) is 1. The van der Waals surface area contributed by atoms with Crippen molar-refractivity contribution in [2.45, 2.75) is 62.5 Å². The zero-order valence-electron chi connectivity index (χ0n) is 23.7. The number of hydrogen-bond acceptors (Lipinski definition) is 8. The highest BCUT2D eigenvalue weighted by atomic mass is 19.4. The van der Waals surface area contributed by atoms with Crippen molar-refractivity contribution in [3.8, 4) is 23.2 Å². The van der Waals surface area contributed by atoms with Crippen molar-refractivity contribution >= 4 is 11.0 Å². The summed E-state index contributed by atoms with van der Waals surface area (Å²) in [5, 5.41) is 15.2. The first-order chi connectivity index (χ1) is 21.3. The zero-order valence-corrected chi connectivity index (χ0v) is 23.7. The normalized spacial score (nSPS) is 20.3. The van der Waals surface area contributed by atoms with Gasteiger partial charge in [-0.3, -0.25) is 9.58 Å². The number of halogens is 3. The van der Waals surface area contributed by atoms with Crippen LogP contribution in [-0.2, 0) is 18.3 Å². The van der Waals surface area contributed by atoms with Crippen LogP contribution in [0.4, 0.5) is 13.2 Å². The first-order valence-corrected chi connectivity index (χ1v) is 14.4. The summed E-state index contributed by atoms with van der Waals surface area (Å²) < 4.78 is 50.4. The summed E-state index contributed by atoms with van der Waals surface area (Å²) in [5.41, 5.74) is 1.45. The molecule has 14 heteroatoms. The number of nitriles is 1. The van der Waals surface area contributed by atoms with Gasteiger partial charge in [0.05, 0.1) is 30.7 Å². The van der Waals surface area contributed by atoms with Crippen LogP contribution in [-0.4, -0.2) is 69.4 Å². The molecule has 1 aliphatic carbocycles. The highest BCUT2D eigenvalue weighted by Crippen LogP contribution is 2.39. The second-order valence-electron chi connectivity index (χ2n) is 11.6. The molecule has 5 aromatic heterocycles. The van der Waals surface area contributed by atoms with Gasteiger partial charge in [0.2, 0.25) is 5.88 Å². The standard InChI is InChI=1S/C30H29F3N10O/c31-30(32,33)25-11-20(14-41-10-9-35-19-41)12-26(40-25)44-23-3-1-22(2-4-23)42-16-29(17-42,6-7-34)43-15-21(13-39-43)27-24-5-8-36-28(24)38-18-37-27/h5,8-13,15,18-19,22-23H,1-4,6,14,16-17H2,(H,36,37,38)/t22-,23+. The summed E-state index contributed by atoms with van der Waals surface area (Å²) in [6.45, 7) is 1.61. The average molecular weight is 603 g/mol. The van der Waals surface area contributed by atoms with Crippen LogP contribution in [0.15, 0.2) is 61.8 Å². The molecule has 7 rings (SSSR count). The van der Waals surface area contributed by atoms with Crippen molar-refractivity contribution in [1.29, 1.82) is 5.26 Å². The Morgan fingerprint density at radius 2 is 1.98 bits per heavy atom. The largest absolute Gasteiger partial charge is 0.474 e. The van der Waals surface area contributed by atoms with Gasteiger partial charge in [-0.05, 0) is 43.4 Å². The Balaban J connectivity index is 0.994. The minimum absolute atomic E-state index is 0.00883. The van der Waals surface area contributed by atoms with E-state index in [2.05, 4.69) is 41.0 Å². The third kappa shape index (κ3) is 5.39. The Bertz CT molecular complexity index is 1790. The number of pyridine rings is 1. The third-order valence-electron chi connectivity index (χ3n) is 8.62. The van der Waals surface area contributed by atoms with E-state index in [9.17, 15) is 18.4 Å². The summed E-state index contributed by atoms with van der Waals surface area (Å²) in [7, 11) is 0. The highest BCUT2D eigenvalue weighted by molar-refractivity contribution is 5.90. The number of aromatic nitrogens is 8. The topological polar surface area (TPSA) is 126 Å². The highest BCUT2D eigenvalue weighted by Gasteiger charge is 2.48. The number of hydrogen-bond donors (Lipinski definition) is 1. The van der Waals surface area contributed by atoms with E-state index in [1.54, 1.807) is 35.6 Å². The predicted molar refractivity (Wildman–Crippen MR) is 152 cm³/mol. The Morgan fingerprint density at radius 1 is 1.14 bits per heavy atom. The average Bonchev–Trinajstić information content (AvgIpc) is 3.77. The van der Waals surface area contributed by atoms with Gasteiger partial charge in [0, 0.05) is 67.5 Å². The molecule has 0 atom stereocenters. The molecule has 2 aliphatic rings. The van der Waals surface area contributed by atoms with E-state index in [4.69, 9.17) is 4.74 Å². The fourth-order valence-corrected chi connectivity index (χ4v) is 6.41. The van der Waals surface area contributed by atoms with Gasteiger partial charge in [-0.25, -0.2) is 19.9 Å². The van der Waals surface area contributed by atoms with Crippen molar-refractivity contribution in [3.63, 3.8) is 0 Å². The Kier molecular flexibility index (Phi) is 7.04. The molecule has 0 radical (unpaired) electrons. The van der Waals surface area contributed by atoms with E-state index < -0.39 is 17.4 Å². The molecule has 11 nitrogen and oxygen atoms in total. The number of H-pyrrole nitrogens is 1. The second kappa shape index (κ2) is 11.1. The maximum absolute atomic E-state index is 13.6. The second-order valence-corrected chi connectivity index (χ2v) is 11.6. The Hall–Kier alpha value is -4.77. The van der Waals surface area contributed by atoms with Gasteiger partial charge in [-0.2, -0.15) is 23.5 Å². The maximum atomic E-state index is 13.6. The number of fused-ring (bicyclic) bond motifs is 1. The zero-order chi connectivity index (χ0) is 30.3. The fourth-order valence-electron chi connectivity index (χ4n) is 6.41. The lowest BCUT2D eigenvalue weighted by atomic mass is 9.82. The molecule has 1 saturated heterocycles. The van der Waals surface area contributed by atoms with Gasteiger partial charge in [-0.1, -0.05) is 0 Å². The van der Waals surface area contributed by atoms with Crippen LogP contribution in [0.1, 0.15) is 43.4 Å². The molecule has 0 amide bonds. The number of likely N-dealkylation sites (tertiary alicyclic amines) is 1. The number of imidazole rings is 1. The lowest BCUT2D eigenvalue weighted by molar-refractivity contribution is -0.141. The van der Waals surface area contributed by atoms with Gasteiger partial charge in [0.1, 0.15) is 29.3 Å². The molecule has 6 heterocycles. The molecule has 1 aliphatic heterocycles. The molecular formula is C30H29F3N10O. The first kappa shape index (κ1) is 28.0.